The molecule has 1 amide bonds. The van der Waals surface area contributed by atoms with E-state index in [2.05, 4.69) is 4.90 Å². The number of hydrogen-bond acceptors (Lipinski definition) is 3. The van der Waals surface area contributed by atoms with Gasteiger partial charge in [-0.15, -0.1) is 0 Å². The molecule has 4 aliphatic rings. The van der Waals surface area contributed by atoms with Gasteiger partial charge in [-0.1, -0.05) is 24.3 Å². The minimum Gasteiger partial charge on any atom is -0.449 e. The average molecular weight is 412 g/mol. The van der Waals surface area contributed by atoms with Crippen LogP contribution in [0.25, 0.3) is 0 Å². The van der Waals surface area contributed by atoms with Gasteiger partial charge in [0.1, 0.15) is 11.6 Å². The highest BCUT2D eigenvalue weighted by atomic mass is 19.1. The summed E-state index contributed by atoms with van der Waals surface area (Å²) in [6.45, 7) is 4.08. The maximum atomic E-state index is 14.0. The van der Waals surface area contributed by atoms with Crippen LogP contribution >= 0.6 is 0 Å². The second-order valence-electron chi connectivity index (χ2n) is 8.89. The molecule has 4 heterocycles. The summed E-state index contributed by atoms with van der Waals surface area (Å²) in [7, 11) is 0. The molecule has 0 unspecified atom stereocenters. The molecule has 4 aliphatic heterocycles. The van der Waals surface area contributed by atoms with E-state index in [1.807, 2.05) is 24.3 Å². The van der Waals surface area contributed by atoms with Gasteiger partial charge in [0.05, 0.1) is 12.6 Å². The lowest BCUT2D eigenvalue weighted by molar-refractivity contribution is -0.0300. The fourth-order valence-corrected chi connectivity index (χ4v) is 5.27. The predicted octanol–water partition coefficient (Wildman–Crippen LogP) is 4.53. The Morgan fingerprint density at radius 3 is 2.37 bits per heavy atom. The molecule has 2 bridgehead atoms. The number of amides is 1. The quantitative estimate of drug-likeness (QED) is 0.742. The minimum atomic E-state index is -0.644. The Balaban J connectivity index is 1.41. The first kappa shape index (κ1) is 19.5. The summed E-state index contributed by atoms with van der Waals surface area (Å²) in [5, 5.41) is 0. The highest BCUT2D eigenvalue weighted by Gasteiger charge is 2.41. The van der Waals surface area contributed by atoms with Crippen molar-refractivity contribution in [1.82, 2.24) is 9.80 Å². The summed E-state index contributed by atoms with van der Waals surface area (Å²) < 4.78 is 33.8. The molecular weight excluding hydrogens is 386 g/mol. The van der Waals surface area contributed by atoms with Crippen LogP contribution in [0.4, 0.5) is 13.6 Å². The van der Waals surface area contributed by atoms with Gasteiger partial charge in [-0.25, -0.2) is 13.6 Å². The first-order valence-corrected chi connectivity index (χ1v) is 10.7. The zero-order valence-electron chi connectivity index (χ0n) is 16.9. The van der Waals surface area contributed by atoms with Gasteiger partial charge in [-0.2, -0.15) is 0 Å². The van der Waals surface area contributed by atoms with E-state index in [1.54, 1.807) is 4.90 Å². The third-order valence-electron chi connectivity index (χ3n) is 7.10. The number of carbonyl (C=O) groups excluding carboxylic acids is 1. The Bertz CT molecular complexity index is 922. The number of halogens is 2. The molecule has 158 valence electrons. The second kappa shape index (κ2) is 7.65. The van der Waals surface area contributed by atoms with Crippen LogP contribution in [0.15, 0.2) is 42.5 Å². The zero-order chi connectivity index (χ0) is 20.7. The summed E-state index contributed by atoms with van der Waals surface area (Å²) >= 11 is 0. The summed E-state index contributed by atoms with van der Waals surface area (Å²) in [5.74, 6) is -1.29. The maximum Gasteiger partial charge on any atom is 0.410 e. The van der Waals surface area contributed by atoms with E-state index >= 15 is 0 Å². The first-order chi connectivity index (χ1) is 14.5. The highest BCUT2D eigenvalue weighted by molar-refractivity contribution is 5.70. The van der Waals surface area contributed by atoms with Gasteiger partial charge in [-0.3, -0.25) is 4.90 Å². The molecule has 0 spiro atoms. The molecule has 0 radical (unpaired) electrons. The standard InChI is InChI=1S/C24H26F2N2O2/c25-19-13-18(14-20(26)15-19)22-21-4-2-1-3-17(21)5-9-28(22)23(29)30-16-24-6-10-27(11-7-24)12-8-24/h1-4,13-15,22H,5-12,16H2/t22-/m1/s1. The van der Waals surface area contributed by atoms with Crippen molar-refractivity contribution in [2.24, 2.45) is 5.41 Å². The SMILES string of the molecule is O=C(OCC12CCN(CC1)CC2)N1CCc2ccccc2[C@H]1c1cc(F)cc(F)c1. The Morgan fingerprint density at radius 1 is 1.00 bits per heavy atom. The molecule has 6 rings (SSSR count). The molecule has 1 atom stereocenters. The maximum absolute atomic E-state index is 14.0. The van der Waals surface area contributed by atoms with Gasteiger partial charge in [0.2, 0.25) is 0 Å². The van der Waals surface area contributed by atoms with Gasteiger partial charge in [-0.05, 0) is 74.1 Å². The molecule has 30 heavy (non-hydrogen) atoms. The van der Waals surface area contributed by atoms with E-state index in [0.717, 1.165) is 56.1 Å². The molecule has 0 aliphatic carbocycles. The fourth-order valence-electron chi connectivity index (χ4n) is 5.27. The van der Waals surface area contributed by atoms with Crippen molar-refractivity contribution in [1.29, 1.82) is 0 Å². The minimum absolute atomic E-state index is 0.0819. The van der Waals surface area contributed by atoms with Gasteiger partial charge in [0.25, 0.3) is 0 Å². The van der Waals surface area contributed by atoms with Crippen molar-refractivity contribution in [3.63, 3.8) is 0 Å². The van der Waals surface area contributed by atoms with Gasteiger partial charge >= 0.3 is 6.09 Å². The number of benzene rings is 2. The lowest BCUT2D eigenvalue weighted by Crippen LogP contribution is -2.51. The van der Waals surface area contributed by atoms with Crippen LogP contribution in [-0.4, -0.2) is 48.7 Å². The second-order valence-corrected chi connectivity index (χ2v) is 8.89. The van der Waals surface area contributed by atoms with Crippen molar-refractivity contribution >= 4 is 6.09 Å². The highest BCUT2D eigenvalue weighted by Crippen LogP contribution is 2.41. The molecule has 3 saturated heterocycles. The van der Waals surface area contributed by atoms with Crippen molar-refractivity contribution in [2.75, 3.05) is 32.8 Å². The molecule has 0 aromatic heterocycles. The smallest absolute Gasteiger partial charge is 0.410 e. The van der Waals surface area contributed by atoms with E-state index < -0.39 is 23.8 Å². The van der Waals surface area contributed by atoms with Crippen molar-refractivity contribution in [3.05, 3.63) is 70.8 Å². The predicted molar refractivity (Wildman–Crippen MR) is 109 cm³/mol. The van der Waals surface area contributed by atoms with E-state index in [9.17, 15) is 13.6 Å². The summed E-state index contributed by atoms with van der Waals surface area (Å²) in [4.78, 5) is 17.3. The molecule has 2 aromatic carbocycles. The van der Waals surface area contributed by atoms with Crippen LogP contribution in [0.3, 0.4) is 0 Å². The lowest BCUT2D eigenvalue weighted by Gasteiger charge is -2.48. The number of nitrogens with zero attached hydrogens (tertiary/aromatic N) is 2. The number of ether oxygens (including phenoxy) is 1. The van der Waals surface area contributed by atoms with Gasteiger partial charge < -0.3 is 9.64 Å². The van der Waals surface area contributed by atoms with Crippen LogP contribution in [0.2, 0.25) is 0 Å². The van der Waals surface area contributed by atoms with E-state index in [0.29, 0.717) is 25.1 Å². The number of carbonyl (C=O) groups is 1. The van der Waals surface area contributed by atoms with E-state index in [4.69, 9.17) is 4.74 Å². The van der Waals surface area contributed by atoms with Crippen molar-refractivity contribution < 1.29 is 18.3 Å². The van der Waals surface area contributed by atoms with Crippen molar-refractivity contribution in [2.45, 2.75) is 31.7 Å². The monoisotopic (exact) mass is 412 g/mol. The number of hydrogen-bond donors (Lipinski definition) is 0. The molecular formula is C24H26F2N2O2. The first-order valence-electron chi connectivity index (χ1n) is 10.7. The van der Waals surface area contributed by atoms with Crippen LogP contribution in [0.1, 0.15) is 42.0 Å². The average Bonchev–Trinajstić information content (AvgIpc) is 2.77. The van der Waals surface area contributed by atoms with Gasteiger partial charge in [0.15, 0.2) is 0 Å². The molecule has 4 nitrogen and oxygen atoms in total. The Kier molecular flexibility index (Phi) is 4.97. The number of fused-ring (bicyclic) bond motifs is 4. The van der Waals surface area contributed by atoms with E-state index in [-0.39, 0.29) is 5.41 Å². The largest absolute Gasteiger partial charge is 0.449 e. The molecule has 0 N–H and O–H groups in total. The summed E-state index contributed by atoms with van der Waals surface area (Å²) in [6.07, 6.45) is 3.46. The molecule has 3 fully saturated rings. The Morgan fingerprint density at radius 2 is 1.67 bits per heavy atom. The fraction of sp³-hybridized carbons (Fsp3) is 0.458. The zero-order valence-corrected chi connectivity index (χ0v) is 16.9. The van der Waals surface area contributed by atoms with Crippen LogP contribution < -0.4 is 0 Å². The Labute approximate surface area is 175 Å². The number of rotatable bonds is 3. The molecule has 0 saturated carbocycles. The van der Waals surface area contributed by atoms with Crippen LogP contribution in [-0.2, 0) is 11.2 Å². The third-order valence-corrected chi connectivity index (χ3v) is 7.10. The number of piperidine rings is 3. The summed E-state index contributed by atoms with van der Waals surface area (Å²) in [6, 6.07) is 10.7. The third kappa shape index (κ3) is 3.58. The van der Waals surface area contributed by atoms with Crippen LogP contribution in [0, 0.1) is 17.0 Å². The van der Waals surface area contributed by atoms with Gasteiger partial charge in [0, 0.05) is 18.0 Å². The topological polar surface area (TPSA) is 32.8 Å². The van der Waals surface area contributed by atoms with Crippen LogP contribution in [0.5, 0.6) is 0 Å². The lowest BCUT2D eigenvalue weighted by atomic mass is 9.73. The van der Waals surface area contributed by atoms with Crippen molar-refractivity contribution in [3.8, 4) is 0 Å². The Hall–Kier alpha value is -2.47. The normalized spacial score (nSPS) is 27.6. The molecule has 6 heteroatoms. The molecule has 2 aromatic rings. The van der Waals surface area contributed by atoms with E-state index in [1.165, 1.54) is 12.1 Å². The summed E-state index contributed by atoms with van der Waals surface area (Å²) in [5.41, 5.74) is 2.50.